The number of nitrogens with one attached hydrogen (secondary N) is 1. The Balaban J connectivity index is 2.56. The van der Waals surface area contributed by atoms with E-state index in [0.717, 1.165) is 11.2 Å². The van der Waals surface area contributed by atoms with Gasteiger partial charge in [-0.1, -0.05) is 6.07 Å². The van der Waals surface area contributed by atoms with Gasteiger partial charge in [-0.05, 0) is 26.0 Å². The number of carbonyl (C=O) groups is 1. The number of para-hydroxylation sites is 1. The maximum atomic E-state index is 10.4. The van der Waals surface area contributed by atoms with Gasteiger partial charge in [0.1, 0.15) is 17.7 Å². The summed E-state index contributed by atoms with van der Waals surface area (Å²) in [6, 6.07) is 5.65. The third-order valence-corrected chi connectivity index (χ3v) is 2.23. The average Bonchev–Trinajstić information content (AvgIpc) is 2.30. The van der Waals surface area contributed by atoms with Crippen LogP contribution in [-0.2, 0) is 4.79 Å². The molecule has 0 saturated heterocycles. The molecule has 2 rings (SSSR count). The largest absolute Gasteiger partial charge is 0.426 e. The van der Waals surface area contributed by atoms with Gasteiger partial charge < -0.3 is 10.1 Å². The fourth-order valence-electron chi connectivity index (χ4n) is 1.60. The zero-order valence-corrected chi connectivity index (χ0v) is 9.68. The van der Waals surface area contributed by atoms with Crippen molar-refractivity contribution in [3.8, 4) is 5.75 Å². The van der Waals surface area contributed by atoms with Crippen molar-refractivity contribution < 1.29 is 9.53 Å². The number of fused-ring (bicyclic) bond motifs is 1. The molecule has 17 heavy (non-hydrogen) atoms. The summed E-state index contributed by atoms with van der Waals surface area (Å²) < 4.78 is 4.88. The quantitative estimate of drug-likeness (QED) is 0.815. The van der Waals surface area contributed by atoms with Gasteiger partial charge in [0, 0.05) is 11.4 Å². The molecule has 0 amide bonds. The predicted molar refractivity (Wildman–Crippen MR) is 65.0 cm³/mol. The fraction of sp³-hybridized carbons (Fsp3) is 0.250. The first kappa shape index (κ1) is 11.3. The van der Waals surface area contributed by atoms with Gasteiger partial charge in [0.05, 0.1) is 0 Å². The molecular formula is C12H13N3O2. The second kappa shape index (κ2) is 4.78. The summed E-state index contributed by atoms with van der Waals surface area (Å²) in [4.78, 5) is 18.7. The van der Waals surface area contributed by atoms with E-state index in [2.05, 4.69) is 15.3 Å². The second-order valence-electron chi connectivity index (χ2n) is 3.89. The van der Waals surface area contributed by atoms with E-state index in [1.165, 1.54) is 6.33 Å². The minimum Gasteiger partial charge on any atom is -0.426 e. The Morgan fingerprint density at radius 2 is 2.18 bits per heavy atom. The number of rotatable bonds is 4. The van der Waals surface area contributed by atoms with Crippen molar-refractivity contribution in [2.45, 2.75) is 19.9 Å². The number of benzene rings is 1. The summed E-state index contributed by atoms with van der Waals surface area (Å²) in [6.07, 6.45) is 1.45. The van der Waals surface area contributed by atoms with E-state index in [0.29, 0.717) is 17.7 Å². The van der Waals surface area contributed by atoms with Gasteiger partial charge in [-0.3, -0.25) is 4.79 Å². The molecule has 0 unspecified atom stereocenters. The van der Waals surface area contributed by atoms with Crippen molar-refractivity contribution in [3.63, 3.8) is 0 Å². The number of carbonyl (C=O) groups excluding carboxylic acids is 1. The lowest BCUT2D eigenvalue weighted by Crippen LogP contribution is -2.11. The molecule has 1 aromatic carbocycles. The molecule has 5 nitrogen and oxygen atoms in total. The molecule has 0 aliphatic rings. The third-order valence-electron chi connectivity index (χ3n) is 2.23. The monoisotopic (exact) mass is 231 g/mol. The molecule has 0 spiro atoms. The predicted octanol–water partition coefficient (Wildman–Crippen LogP) is 1.99. The second-order valence-corrected chi connectivity index (χ2v) is 3.89. The number of anilines is 1. The van der Waals surface area contributed by atoms with E-state index >= 15 is 0 Å². The lowest BCUT2D eigenvalue weighted by Gasteiger charge is -2.11. The number of hydrogen-bond donors (Lipinski definition) is 1. The minimum absolute atomic E-state index is 0.267. The summed E-state index contributed by atoms with van der Waals surface area (Å²) in [7, 11) is 0. The van der Waals surface area contributed by atoms with Crippen LogP contribution in [0, 0.1) is 0 Å². The first-order valence-electron chi connectivity index (χ1n) is 5.33. The smallest absolute Gasteiger partial charge is 0.298 e. The molecule has 2 aromatic rings. The highest BCUT2D eigenvalue weighted by molar-refractivity contribution is 5.93. The molecule has 1 aromatic heterocycles. The van der Waals surface area contributed by atoms with Gasteiger partial charge in [-0.15, -0.1) is 0 Å². The molecule has 1 N–H and O–H groups in total. The molecule has 88 valence electrons. The molecule has 0 radical (unpaired) electrons. The van der Waals surface area contributed by atoms with Crippen LogP contribution in [0.2, 0.25) is 0 Å². The van der Waals surface area contributed by atoms with Crippen LogP contribution in [-0.4, -0.2) is 22.5 Å². The van der Waals surface area contributed by atoms with Crippen LogP contribution in [0.4, 0.5) is 5.82 Å². The van der Waals surface area contributed by atoms with Crippen molar-refractivity contribution in [1.82, 2.24) is 9.97 Å². The van der Waals surface area contributed by atoms with E-state index in [9.17, 15) is 4.79 Å². The highest BCUT2D eigenvalue weighted by Gasteiger charge is 2.08. The zero-order valence-electron chi connectivity index (χ0n) is 9.68. The SMILES string of the molecule is CC(C)Nc1ncnc2c(OC=O)cccc12. The zero-order chi connectivity index (χ0) is 12.3. The number of hydrogen-bond acceptors (Lipinski definition) is 5. The molecule has 0 aliphatic heterocycles. The Kier molecular flexibility index (Phi) is 3.18. The van der Waals surface area contributed by atoms with Crippen molar-refractivity contribution in [3.05, 3.63) is 24.5 Å². The van der Waals surface area contributed by atoms with Gasteiger partial charge in [0.25, 0.3) is 6.47 Å². The highest BCUT2D eigenvalue weighted by atomic mass is 16.5. The van der Waals surface area contributed by atoms with E-state index in [-0.39, 0.29) is 6.04 Å². The molecule has 5 heteroatoms. The van der Waals surface area contributed by atoms with Crippen molar-refractivity contribution >= 4 is 23.2 Å². The van der Waals surface area contributed by atoms with Crippen LogP contribution in [0.1, 0.15) is 13.8 Å². The first-order chi connectivity index (χ1) is 8.22. The lowest BCUT2D eigenvalue weighted by atomic mass is 10.2. The number of ether oxygens (including phenoxy) is 1. The number of nitrogens with zero attached hydrogens (tertiary/aromatic N) is 2. The van der Waals surface area contributed by atoms with Gasteiger partial charge in [-0.25, -0.2) is 9.97 Å². The topological polar surface area (TPSA) is 64.1 Å². The Morgan fingerprint density at radius 3 is 2.88 bits per heavy atom. The van der Waals surface area contributed by atoms with Crippen LogP contribution in [0.15, 0.2) is 24.5 Å². The van der Waals surface area contributed by atoms with Crippen LogP contribution in [0.5, 0.6) is 5.75 Å². The van der Waals surface area contributed by atoms with Gasteiger partial charge in [0.15, 0.2) is 5.75 Å². The van der Waals surface area contributed by atoms with E-state index in [1.54, 1.807) is 12.1 Å². The van der Waals surface area contributed by atoms with E-state index in [1.807, 2.05) is 19.9 Å². The van der Waals surface area contributed by atoms with Crippen LogP contribution < -0.4 is 10.1 Å². The Bertz CT molecular complexity index is 540. The average molecular weight is 231 g/mol. The summed E-state index contributed by atoms with van der Waals surface area (Å²) in [5.41, 5.74) is 0.623. The maximum absolute atomic E-state index is 10.4. The molecule has 0 fully saturated rings. The van der Waals surface area contributed by atoms with Crippen LogP contribution in [0.3, 0.4) is 0 Å². The normalized spacial score (nSPS) is 10.5. The van der Waals surface area contributed by atoms with Gasteiger partial charge in [-0.2, -0.15) is 0 Å². The van der Waals surface area contributed by atoms with Crippen LogP contribution >= 0.6 is 0 Å². The van der Waals surface area contributed by atoms with Gasteiger partial charge >= 0.3 is 0 Å². The first-order valence-corrected chi connectivity index (χ1v) is 5.33. The van der Waals surface area contributed by atoms with Crippen LogP contribution in [0.25, 0.3) is 10.9 Å². The Morgan fingerprint density at radius 1 is 1.35 bits per heavy atom. The van der Waals surface area contributed by atoms with Gasteiger partial charge in [0.2, 0.25) is 0 Å². The highest BCUT2D eigenvalue weighted by Crippen LogP contribution is 2.27. The molecule has 0 atom stereocenters. The summed E-state index contributed by atoms with van der Waals surface area (Å²) in [5.74, 6) is 1.17. The molecule has 1 heterocycles. The molecule has 0 aliphatic carbocycles. The number of aromatic nitrogens is 2. The fourth-order valence-corrected chi connectivity index (χ4v) is 1.60. The minimum atomic E-state index is 0.267. The van der Waals surface area contributed by atoms with E-state index in [4.69, 9.17) is 4.74 Å². The van der Waals surface area contributed by atoms with E-state index < -0.39 is 0 Å². The van der Waals surface area contributed by atoms with Crippen molar-refractivity contribution in [2.75, 3.05) is 5.32 Å². The lowest BCUT2D eigenvalue weighted by molar-refractivity contribution is -0.120. The third kappa shape index (κ3) is 2.33. The summed E-state index contributed by atoms with van der Waals surface area (Å²) in [6.45, 7) is 4.45. The summed E-state index contributed by atoms with van der Waals surface area (Å²) in [5, 5.41) is 4.06. The molecular weight excluding hydrogens is 218 g/mol. The van der Waals surface area contributed by atoms with Crippen molar-refractivity contribution in [2.24, 2.45) is 0 Å². The molecule has 0 bridgehead atoms. The Labute approximate surface area is 98.8 Å². The standard InChI is InChI=1S/C12H13N3O2/c1-8(2)15-12-9-4-3-5-10(17-7-16)11(9)13-6-14-12/h3-8H,1-2H3,(H,13,14,15). The van der Waals surface area contributed by atoms with Crippen molar-refractivity contribution in [1.29, 1.82) is 0 Å². The Hall–Kier alpha value is -2.17. The summed E-state index contributed by atoms with van der Waals surface area (Å²) >= 11 is 0. The maximum Gasteiger partial charge on any atom is 0.298 e. The molecule has 0 saturated carbocycles.